The van der Waals surface area contributed by atoms with E-state index in [1.807, 2.05) is 6.07 Å². The first kappa shape index (κ1) is 16.4. The maximum atomic E-state index is 5.69. The average molecular weight is 305 g/mol. The maximum Gasteiger partial charge on any atom is 0.103 e. The van der Waals surface area contributed by atoms with E-state index in [2.05, 4.69) is 43.0 Å². The maximum absolute atomic E-state index is 5.69. The molecule has 1 aliphatic rings. The van der Waals surface area contributed by atoms with Crippen LogP contribution in [0.2, 0.25) is 0 Å². The summed E-state index contributed by atoms with van der Waals surface area (Å²) in [5.41, 5.74) is 9.34. The molecule has 1 aromatic rings. The Labute approximate surface area is 134 Å². The predicted molar refractivity (Wildman–Crippen MR) is 93.6 cm³/mol. The molecule has 2 N–H and O–H groups in total. The van der Waals surface area contributed by atoms with Crippen molar-refractivity contribution in [1.82, 2.24) is 9.80 Å². The third-order valence-electron chi connectivity index (χ3n) is 4.35. The summed E-state index contributed by atoms with van der Waals surface area (Å²) in [7, 11) is 4.33. The van der Waals surface area contributed by atoms with Gasteiger partial charge in [0.2, 0.25) is 0 Å². The van der Waals surface area contributed by atoms with Gasteiger partial charge in [-0.3, -0.25) is 4.90 Å². The molecule has 4 heteroatoms. The van der Waals surface area contributed by atoms with Crippen molar-refractivity contribution in [2.24, 2.45) is 11.7 Å². The highest BCUT2D eigenvalue weighted by Crippen LogP contribution is 2.21. The third kappa shape index (κ3) is 4.77. The molecular weight excluding hydrogens is 278 g/mol. The summed E-state index contributed by atoms with van der Waals surface area (Å²) in [6.07, 6.45) is 2.62. The molecule has 1 aliphatic heterocycles. The number of nitrogens with two attached hydrogens (primary N) is 1. The zero-order valence-corrected chi connectivity index (χ0v) is 14.2. The van der Waals surface area contributed by atoms with Crippen molar-refractivity contribution in [3.8, 4) is 0 Å². The summed E-state index contributed by atoms with van der Waals surface area (Å²) < 4.78 is 0. The first-order valence-electron chi connectivity index (χ1n) is 7.72. The molecule has 0 unspecified atom stereocenters. The van der Waals surface area contributed by atoms with Gasteiger partial charge in [0.15, 0.2) is 0 Å². The lowest BCUT2D eigenvalue weighted by Crippen LogP contribution is -2.36. The van der Waals surface area contributed by atoms with Gasteiger partial charge in [-0.05, 0) is 70.1 Å². The topological polar surface area (TPSA) is 32.5 Å². The molecule has 1 saturated heterocycles. The van der Waals surface area contributed by atoms with Crippen molar-refractivity contribution < 1.29 is 0 Å². The molecule has 21 heavy (non-hydrogen) atoms. The summed E-state index contributed by atoms with van der Waals surface area (Å²) >= 11 is 5.04. The van der Waals surface area contributed by atoms with Crippen LogP contribution in [0.25, 0.3) is 0 Å². The second-order valence-corrected chi connectivity index (χ2v) is 6.93. The average Bonchev–Trinajstić information content (AvgIpc) is 2.42. The Kier molecular flexibility index (Phi) is 5.73. The van der Waals surface area contributed by atoms with E-state index in [1.165, 1.54) is 43.6 Å². The van der Waals surface area contributed by atoms with Crippen molar-refractivity contribution in [2.45, 2.75) is 26.3 Å². The molecule has 0 saturated carbocycles. The highest BCUT2D eigenvalue weighted by atomic mass is 32.1. The van der Waals surface area contributed by atoms with E-state index in [0.717, 1.165) is 18.0 Å². The normalized spacial score (nSPS) is 17.3. The van der Waals surface area contributed by atoms with Crippen LogP contribution in [0.1, 0.15) is 29.5 Å². The molecule has 2 rings (SSSR count). The van der Waals surface area contributed by atoms with Crippen LogP contribution in [0.4, 0.5) is 0 Å². The summed E-state index contributed by atoms with van der Waals surface area (Å²) in [5.74, 6) is 0.856. The molecule has 0 amide bonds. The van der Waals surface area contributed by atoms with Crippen molar-refractivity contribution in [1.29, 1.82) is 0 Å². The lowest BCUT2D eigenvalue weighted by Gasteiger charge is -2.33. The zero-order valence-electron chi connectivity index (χ0n) is 13.4. The minimum absolute atomic E-state index is 0.481. The molecule has 1 aromatic carbocycles. The minimum atomic E-state index is 0.481. The van der Waals surface area contributed by atoms with E-state index >= 15 is 0 Å². The van der Waals surface area contributed by atoms with Gasteiger partial charge < -0.3 is 10.6 Å². The summed E-state index contributed by atoms with van der Waals surface area (Å²) in [5, 5.41) is 0. The van der Waals surface area contributed by atoms with Gasteiger partial charge in [-0.25, -0.2) is 0 Å². The Morgan fingerprint density at radius 2 is 2.00 bits per heavy atom. The fourth-order valence-corrected chi connectivity index (χ4v) is 3.24. The van der Waals surface area contributed by atoms with Crippen molar-refractivity contribution in [3.63, 3.8) is 0 Å². The van der Waals surface area contributed by atoms with E-state index < -0.39 is 0 Å². The lowest BCUT2D eigenvalue weighted by molar-refractivity contribution is 0.156. The number of rotatable bonds is 5. The standard InChI is InChI=1S/C17H27N3S/c1-13-10-15(17(18)21)4-5-16(13)12-20-8-6-14(7-9-20)11-19(2)3/h4-5,10,14H,6-9,11-12H2,1-3H3,(H2,18,21). The van der Waals surface area contributed by atoms with Crippen LogP contribution in [-0.4, -0.2) is 48.5 Å². The predicted octanol–water partition coefficient (Wildman–Crippen LogP) is 2.40. The number of aryl methyl sites for hydroxylation is 1. The SMILES string of the molecule is Cc1cc(C(N)=S)ccc1CN1CCC(CN(C)C)CC1. The van der Waals surface area contributed by atoms with Gasteiger partial charge in [0.25, 0.3) is 0 Å². The van der Waals surface area contributed by atoms with E-state index in [4.69, 9.17) is 18.0 Å². The molecule has 1 heterocycles. The summed E-state index contributed by atoms with van der Waals surface area (Å²) in [6.45, 7) is 6.81. The lowest BCUT2D eigenvalue weighted by atomic mass is 9.95. The van der Waals surface area contributed by atoms with Gasteiger partial charge in [-0.2, -0.15) is 0 Å². The molecule has 1 fully saturated rings. The smallest absolute Gasteiger partial charge is 0.103 e. The molecule has 0 aromatic heterocycles. The molecular formula is C17H27N3S. The third-order valence-corrected chi connectivity index (χ3v) is 4.59. The van der Waals surface area contributed by atoms with Crippen molar-refractivity contribution >= 4 is 17.2 Å². The highest BCUT2D eigenvalue weighted by molar-refractivity contribution is 7.80. The molecule has 0 atom stereocenters. The van der Waals surface area contributed by atoms with Gasteiger partial charge in [0, 0.05) is 18.7 Å². The highest BCUT2D eigenvalue weighted by Gasteiger charge is 2.20. The number of likely N-dealkylation sites (tertiary alicyclic amines) is 1. The Balaban J connectivity index is 1.90. The van der Waals surface area contributed by atoms with E-state index in [9.17, 15) is 0 Å². The number of piperidine rings is 1. The first-order valence-corrected chi connectivity index (χ1v) is 8.13. The van der Waals surface area contributed by atoms with Crippen molar-refractivity contribution in [2.75, 3.05) is 33.7 Å². The van der Waals surface area contributed by atoms with Crippen LogP contribution < -0.4 is 5.73 Å². The molecule has 3 nitrogen and oxygen atoms in total. The van der Waals surface area contributed by atoms with Gasteiger partial charge in [0.05, 0.1) is 0 Å². The van der Waals surface area contributed by atoms with Gasteiger partial charge in [-0.15, -0.1) is 0 Å². The van der Waals surface area contributed by atoms with Gasteiger partial charge in [-0.1, -0.05) is 24.4 Å². The molecule has 0 bridgehead atoms. The first-order chi connectivity index (χ1) is 9.95. The molecule has 0 spiro atoms. The Bertz CT molecular complexity index is 491. The summed E-state index contributed by atoms with van der Waals surface area (Å²) in [6, 6.07) is 6.33. The fourth-order valence-electron chi connectivity index (χ4n) is 3.11. The van der Waals surface area contributed by atoms with Crippen LogP contribution in [0.5, 0.6) is 0 Å². The second kappa shape index (κ2) is 7.34. The number of benzene rings is 1. The van der Waals surface area contributed by atoms with Crippen LogP contribution in [0.3, 0.4) is 0 Å². The van der Waals surface area contributed by atoms with Crippen LogP contribution in [-0.2, 0) is 6.54 Å². The van der Waals surface area contributed by atoms with E-state index in [0.29, 0.717) is 4.99 Å². The number of nitrogens with zero attached hydrogens (tertiary/aromatic N) is 2. The Morgan fingerprint density at radius 3 is 2.52 bits per heavy atom. The second-order valence-electron chi connectivity index (χ2n) is 6.49. The Morgan fingerprint density at radius 1 is 1.33 bits per heavy atom. The molecule has 0 aliphatic carbocycles. The van der Waals surface area contributed by atoms with E-state index in [1.54, 1.807) is 0 Å². The largest absolute Gasteiger partial charge is 0.389 e. The quantitative estimate of drug-likeness (QED) is 0.847. The number of thiocarbonyl (C=S) groups is 1. The van der Waals surface area contributed by atoms with Crippen LogP contribution in [0, 0.1) is 12.8 Å². The van der Waals surface area contributed by atoms with Crippen LogP contribution in [0.15, 0.2) is 18.2 Å². The number of hydrogen-bond donors (Lipinski definition) is 1. The Hall–Kier alpha value is -0.970. The van der Waals surface area contributed by atoms with Gasteiger partial charge >= 0.3 is 0 Å². The van der Waals surface area contributed by atoms with Gasteiger partial charge in [0.1, 0.15) is 4.99 Å². The zero-order chi connectivity index (χ0) is 15.4. The fraction of sp³-hybridized carbons (Fsp3) is 0.588. The monoisotopic (exact) mass is 305 g/mol. The van der Waals surface area contributed by atoms with E-state index in [-0.39, 0.29) is 0 Å². The van der Waals surface area contributed by atoms with Crippen molar-refractivity contribution in [3.05, 3.63) is 34.9 Å². The minimum Gasteiger partial charge on any atom is -0.389 e. The van der Waals surface area contributed by atoms with Crippen LogP contribution >= 0.6 is 12.2 Å². The summed E-state index contributed by atoms with van der Waals surface area (Å²) in [4.78, 5) is 5.35. The number of hydrogen-bond acceptors (Lipinski definition) is 3. The molecule has 116 valence electrons. The molecule has 0 radical (unpaired) electrons.